The molecule has 3 rings (SSSR count). The highest BCUT2D eigenvalue weighted by Gasteiger charge is 2.35. The van der Waals surface area contributed by atoms with Crippen LogP contribution in [0.1, 0.15) is 57.2 Å². The predicted molar refractivity (Wildman–Crippen MR) is 86.3 cm³/mol. The summed E-state index contributed by atoms with van der Waals surface area (Å²) in [6, 6.07) is 2.30. The molecular weight excluding hydrogens is 260 g/mol. The van der Waals surface area contributed by atoms with Crippen LogP contribution < -0.4 is 5.32 Å². The third-order valence-corrected chi connectivity index (χ3v) is 5.18. The van der Waals surface area contributed by atoms with Crippen molar-refractivity contribution >= 4 is 0 Å². The summed E-state index contributed by atoms with van der Waals surface area (Å²) in [5, 5.41) is 8.37. The van der Waals surface area contributed by atoms with E-state index < -0.39 is 0 Å². The van der Waals surface area contributed by atoms with Crippen LogP contribution in [0.2, 0.25) is 0 Å². The molecular formula is C17H30N4. The van der Waals surface area contributed by atoms with Crippen molar-refractivity contribution < 1.29 is 0 Å². The zero-order valence-corrected chi connectivity index (χ0v) is 13.8. The van der Waals surface area contributed by atoms with Crippen molar-refractivity contribution in [2.45, 2.75) is 77.0 Å². The van der Waals surface area contributed by atoms with Gasteiger partial charge in [0.05, 0.1) is 5.69 Å². The molecule has 2 bridgehead atoms. The molecule has 3 heterocycles. The summed E-state index contributed by atoms with van der Waals surface area (Å²) in [5.74, 6) is 0. The molecule has 0 saturated carbocycles. The maximum absolute atomic E-state index is 4.61. The molecule has 4 heteroatoms. The molecule has 21 heavy (non-hydrogen) atoms. The number of nitrogens with one attached hydrogen (secondary N) is 1. The van der Waals surface area contributed by atoms with E-state index in [1.807, 2.05) is 11.7 Å². The van der Waals surface area contributed by atoms with Crippen LogP contribution in [-0.2, 0) is 20.0 Å². The first-order chi connectivity index (χ1) is 10.2. The van der Waals surface area contributed by atoms with E-state index in [1.54, 1.807) is 0 Å². The van der Waals surface area contributed by atoms with E-state index in [0.29, 0.717) is 0 Å². The van der Waals surface area contributed by atoms with Crippen LogP contribution >= 0.6 is 0 Å². The Labute approximate surface area is 128 Å². The average molecular weight is 290 g/mol. The van der Waals surface area contributed by atoms with Crippen LogP contribution in [-0.4, -0.2) is 39.4 Å². The lowest BCUT2D eigenvalue weighted by Gasteiger charge is -2.37. The fourth-order valence-electron chi connectivity index (χ4n) is 4.24. The van der Waals surface area contributed by atoms with Crippen molar-refractivity contribution in [3.05, 3.63) is 17.5 Å². The SMILES string of the molecule is CCCN(Cc1cn(C)nc1CC)C1CC2CCC(C1)N2. The van der Waals surface area contributed by atoms with Gasteiger partial charge in [0.1, 0.15) is 0 Å². The van der Waals surface area contributed by atoms with Gasteiger partial charge in [-0.25, -0.2) is 0 Å². The fraction of sp³-hybridized carbons (Fsp3) is 0.824. The summed E-state index contributed by atoms with van der Waals surface area (Å²) >= 11 is 0. The number of fused-ring (bicyclic) bond motifs is 2. The summed E-state index contributed by atoms with van der Waals surface area (Å²) in [6.45, 7) is 6.80. The van der Waals surface area contributed by atoms with E-state index in [1.165, 1.54) is 49.9 Å². The summed E-state index contributed by atoms with van der Waals surface area (Å²) in [5.41, 5.74) is 2.70. The topological polar surface area (TPSA) is 33.1 Å². The lowest BCUT2D eigenvalue weighted by molar-refractivity contribution is 0.133. The Kier molecular flexibility index (Phi) is 4.65. The number of aromatic nitrogens is 2. The maximum Gasteiger partial charge on any atom is 0.0666 e. The third kappa shape index (κ3) is 3.32. The number of rotatable bonds is 6. The van der Waals surface area contributed by atoms with Crippen LogP contribution in [0.3, 0.4) is 0 Å². The van der Waals surface area contributed by atoms with Gasteiger partial charge in [-0.2, -0.15) is 5.10 Å². The summed E-state index contributed by atoms with van der Waals surface area (Å²) in [7, 11) is 2.04. The minimum Gasteiger partial charge on any atom is -0.311 e. The monoisotopic (exact) mass is 290 g/mol. The Morgan fingerprint density at radius 1 is 1.29 bits per heavy atom. The Balaban J connectivity index is 1.72. The van der Waals surface area contributed by atoms with Crippen LogP contribution in [0.25, 0.3) is 0 Å². The fourth-order valence-corrected chi connectivity index (χ4v) is 4.24. The molecule has 118 valence electrons. The largest absolute Gasteiger partial charge is 0.311 e. The first kappa shape index (κ1) is 15.0. The maximum atomic E-state index is 4.61. The Hall–Kier alpha value is -0.870. The van der Waals surface area contributed by atoms with E-state index >= 15 is 0 Å². The number of aryl methyl sites for hydroxylation is 2. The van der Waals surface area contributed by atoms with Crippen molar-refractivity contribution in [1.29, 1.82) is 0 Å². The van der Waals surface area contributed by atoms with Gasteiger partial charge in [0.15, 0.2) is 0 Å². The minimum atomic E-state index is 0.758. The molecule has 2 aliphatic rings. The first-order valence-corrected chi connectivity index (χ1v) is 8.71. The molecule has 1 aromatic heterocycles. The van der Waals surface area contributed by atoms with Crippen molar-refractivity contribution in [3.8, 4) is 0 Å². The van der Waals surface area contributed by atoms with E-state index in [9.17, 15) is 0 Å². The smallest absolute Gasteiger partial charge is 0.0666 e. The minimum absolute atomic E-state index is 0.758. The molecule has 2 saturated heterocycles. The first-order valence-electron chi connectivity index (χ1n) is 8.71. The van der Waals surface area contributed by atoms with Crippen LogP contribution in [0.4, 0.5) is 0 Å². The van der Waals surface area contributed by atoms with Crippen molar-refractivity contribution in [1.82, 2.24) is 20.0 Å². The van der Waals surface area contributed by atoms with Gasteiger partial charge < -0.3 is 5.32 Å². The van der Waals surface area contributed by atoms with Gasteiger partial charge >= 0.3 is 0 Å². The Morgan fingerprint density at radius 3 is 2.62 bits per heavy atom. The van der Waals surface area contributed by atoms with E-state index in [0.717, 1.165) is 31.1 Å². The lowest BCUT2D eigenvalue weighted by atomic mass is 9.97. The highest BCUT2D eigenvalue weighted by Crippen LogP contribution is 2.30. The molecule has 1 aromatic rings. The zero-order valence-electron chi connectivity index (χ0n) is 13.8. The van der Waals surface area contributed by atoms with Crippen LogP contribution in [0, 0.1) is 0 Å². The van der Waals surface area contributed by atoms with E-state index in [4.69, 9.17) is 0 Å². The Bertz CT molecular complexity index is 455. The summed E-state index contributed by atoms with van der Waals surface area (Å²) in [4.78, 5) is 2.72. The molecule has 2 atom stereocenters. The highest BCUT2D eigenvalue weighted by molar-refractivity contribution is 5.17. The second-order valence-corrected chi connectivity index (χ2v) is 6.86. The number of nitrogens with zero attached hydrogens (tertiary/aromatic N) is 3. The van der Waals surface area contributed by atoms with Crippen LogP contribution in [0.15, 0.2) is 6.20 Å². The zero-order chi connectivity index (χ0) is 14.8. The molecule has 0 amide bonds. The van der Waals surface area contributed by atoms with E-state index in [-0.39, 0.29) is 0 Å². The number of hydrogen-bond acceptors (Lipinski definition) is 3. The van der Waals surface area contributed by atoms with Crippen molar-refractivity contribution in [3.63, 3.8) is 0 Å². The number of piperidine rings is 1. The second kappa shape index (κ2) is 6.49. The average Bonchev–Trinajstić information content (AvgIpc) is 3.00. The molecule has 2 aliphatic heterocycles. The molecule has 0 aromatic carbocycles. The third-order valence-electron chi connectivity index (χ3n) is 5.18. The molecule has 2 fully saturated rings. The standard InChI is InChI=1S/C17H30N4/c1-4-8-21(12-13-11-20(3)19-17(13)5-2)16-9-14-6-7-15(10-16)18-14/h11,14-16,18H,4-10,12H2,1-3H3. The predicted octanol–water partition coefficient (Wildman–Crippen LogP) is 2.48. The quantitative estimate of drug-likeness (QED) is 0.874. The molecule has 0 spiro atoms. The van der Waals surface area contributed by atoms with Gasteiger partial charge in [-0.15, -0.1) is 0 Å². The Morgan fingerprint density at radius 2 is 2.00 bits per heavy atom. The van der Waals surface area contributed by atoms with Gasteiger partial charge in [0.2, 0.25) is 0 Å². The van der Waals surface area contributed by atoms with Gasteiger partial charge in [-0.1, -0.05) is 13.8 Å². The van der Waals surface area contributed by atoms with E-state index in [2.05, 4.69) is 35.4 Å². The van der Waals surface area contributed by atoms with Gasteiger partial charge in [-0.3, -0.25) is 9.58 Å². The lowest BCUT2D eigenvalue weighted by Crippen LogP contribution is -2.48. The van der Waals surface area contributed by atoms with Crippen LogP contribution in [0.5, 0.6) is 0 Å². The second-order valence-electron chi connectivity index (χ2n) is 6.86. The van der Waals surface area contributed by atoms with Gasteiger partial charge in [0.25, 0.3) is 0 Å². The summed E-state index contributed by atoms with van der Waals surface area (Å²) in [6.07, 6.45) is 9.92. The molecule has 4 nitrogen and oxygen atoms in total. The molecule has 0 radical (unpaired) electrons. The van der Waals surface area contributed by atoms with Crippen molar-refractivity contribution in [2.75, 3.05) is 6.54 Å². The molecule has 1 N–H and O–H groups in total. The highest BCUT2D eigenvalue weighted by atomic mass is 15.3. The summed E-state index contributed by atoms with van der Waals surface area (Å²) < 4.78 is 1.98. The van der Waals surface area contributed by atoms with Gasteiger partial charge in [0, 0.05) is 43.5 Å². The van der Waals surface area contributed by atoms with Gasteiger partial charge in [-0.05, 0) is 45.1 Å². The van der Waals surface area contributed by atoms with Crippen molar-refractivity contribution in [2.24, 2.45) is 7.05 Å². The normalized spacial score (nSPS) is 28.5. The molecule has 2 unspecified atom stereocenters. The molecule has 0 aliphatic carbocycles. The number of hydrogen-bond donors (Lipinski definition) is 1.